The zero-order valence-corrected chi connectivity index (χ0v) is 8.43. The third-order valence-corrected chi connectivity index (χ3v) is 2.93. The van der Waals surface area contributed by atoms with E-state index in [-0.39, 0.29) is 0 Å². The summed E-state index contributed by atoms with van der Waals surface area (Å²) in [6.07, 6.45) is -0.838. The Morgan fingerprint density at radius 3 is 2.44 bits per heavy atom. The van der Waals surface area contributed by atoms with Crippen molar-refractivity contribution in [2.75, 3.05) is 0 Å². The lowest BCUT2D eigenvalue weighted by molar-refractivity contribution is -0.143. The fraction of sp³-hybridized carbons (Fsp3) is 0.364. The van der Waals surface area contributed by atoms with Crippen LogP contribution in [0.3, 0.4) is 0 Å². The Balaban J connectivity index is 2.59. The van der Waals surface area contributed by atoms with Crippen molar-refractivity contribution < 1.29 is 23.1 Å². The molecule has 86 valence electrons. The number of carbonyl (C=O) groups is 1. The van der Waals surface area contributed by atoms with Gasteiger partial charge in [0.15, 0.2) is 5.41 Å². The average molecular weight is 230 g/mol. The number of hydrogen-bond donors (Lipinski definition) is 1. The van der Waals surface area contributed by atoms with Crippen LogP contribution in [-0.2, 0) is 10.2 Å². The normalized spacial score (nSPS) is 26.5. The molecule has 0 saturated heterocycles. The molecule has 1 saturated carbocycles. The molecule has 1 N–H and O–H groups in total. The molecule has 0 bridgehead atoms. The third kappa shape index (κ3) is 1.24. The molecular formula is C11H9F3O2. The smallest absolute Gasteiger partial charge is 0.320 e. The van der Waals surface area contributed by atoms with E-state index in [9.17, 15) is 18.0 Å². The number of carboxylic acids is 1. The molecule has 1 aliphatic rings. The van der Waals surface area contributed by atoms with Crippen molar-refractivity contribution >= 4 is 5.97 Å². The van der Waals surface area contributed by atoms with E-state index in [4.69, 9.17) is 5.11 Å². The zero-order chi connectivity index (χ0) is 12.1. The molecule has 0 aliphatic heterocycles. The lowest BCUT2D eigenvalue weighted by Gasteiger charge is -2.13. The summed E-state index contributed by atoms with van der Waals surface area (Å²) in [5.74, 6) is -5.94. The Bertz CT molecular complexity index is 470. The van der Waals surface area contributed by atoms with Gasteiger partial charge >= 0.3 is 5.97 Å². The van der Waals surface area contributed by atoms with Crippen LogP contribution in [0.25, 0.3) is 0 Å². The second-order valence-electron chi connectivity index (χ2n) is 4.08. The highest BCUT2D eigenvalue weighted by molar-refractivity contribution is 5.87. The molecule has 0 aromatic heterocycles. The highest BCUT2D eigenvalue weighted by atomic mass is 19.3. The SMILES string of the molecule is Cc1ccc(F)c(C2(C(=O)O)CC2(F)F)c1. The summed E-state index contributed by atoms with van der Waals surface area (Å²) >= 11 is 0. The van der Waals surface area contributed by atoms with E-state index < -0.39 is 35.1 Å². The Labute approximate surface area is 89.7 Å². The van der Waals surface area contributed by atoms with Crippen LogP contribution in [0.4, 0.5) is 13.2 Å². The molecule has 1 fully saturated rings. The first kappa shape index (κ1) is 11.0. The van der Waals surface area contributed by atoms with E-state index in [1.54, 1.807) is 6.92 Å². The number of halogens is 3. The number of benzene rings is 1. The van der Waals surface area contributed by atoms with Crippen LogP contribution in [0.1, 0.15) is 17.5 Å². The number of rotatable bonds is 2. The average Bonchev–Trinajstić information content (AvgIpc) is 2.75. The van der Waals surface area contributed by atoms with Gasteiger partial charge < -0.3 is 5.11 Å². The summed E-state index contributed by atoms with van der Waals surface area (Å²) in [6, 6.07) is 3.60. The maximum absolute atomic E-state index is 13.4. The summed E-state index contributed by atoms with van der Waals surface area (Å²) in [7, 11) is 0. The zero-order valence-electron chi connectivity index (χ0n) is 8.43. The summed E-state index contributed by atoms with van der Waals surface area (Å²) in [5, 5.41) is 8.86. The topological polar surface area (TPSA) is 37.3 Å². The van der Waals surface area contributed by atoms with E-state index in [1.165, 1.54) is 12.1 Å². The summed E-state index contributed by atoms with van der Waals surface area (Å²) in [4.78, 5) is 10.9. The van der Waals surface area contributed by atoms with Crippen molar-refractivity contribution in [2.45, 2.75) is 24.7 Å². The molecule has 0 heterocycles. The quantitative estimate of drug-likeness (QED) is 0.847. The summed E-state index contributed by atoms with van der Waals surface area (Å²) < 4.78 is 39.7. The summed E-state index contributed by atoms with van der Waals surface area (Å²) in [6.45, 7) is 1.60. The van der Waals surface area contributed by atoms with Gasteiger partial charge in [-0.15, -0.1) is 0 Å². The van der Waals surface area contributed by atoms with Crippen LogP contribution in [-0.4, -0.2) is 17.0 Å². The molecule has 1 aliphatic carbocycles. The monoisotopic (exact) mass is 230 g/mol. The van der Waals surface area contributed by atoms with Crippen molar-refractivity contribution in [2.24, 2.45) is 0 Å². The van der Waals surface area contributed by atoms with Gasteiger partial charge in [0.2, 0.25) is 0 Å². The minimum atomic E-state index is -3.37. The maximum atomic E-state index is 13.4. The van der Waals surface area contributed by atoms with Crippen molar-refractivity contribution in [3.8, 4) is 0 Å². The highest BCUT2D eigenvalue weighted by Crippen LogP contribution is 2.62. The van der Waals surface area contributed by atoms with Crippen LogP contribution in [0.15, 0.2) is 18.2 Å². The second kappa shape index (κ2) is 2.99. The molecule has 0 radical (unpaired) electrons. The molecule has 1 unspecified atom stereocenters. The number of aliphatic carboxylic acids is 1. The van der Waals surface area contributed by atoms with Crippen molar-refractivity contribution in [1.29, 1.82) is 0 Å². The van der Waals surface area contributed by atoms with E-state index >= 15 is 0 Å². The first-order valence-electron chi connectivity index (χ1n) is 4.69. The van der Waals surface area contributed by atoms with Crippen LogP contribution >= 0.6 is 0 Å². The van der Waals surface area contributed by atoms with Crippen LogP contribution in [0.5, 0.6) is 0 Å². The minimum absolute atomic E-state index is 0.426. The van der Waals surface area contributed by atoms with Gasteiger partial charge in [0.05, 0.1) is 0 Å². The van der Waals surface area contributed by atoms with E-state index in [1.807, 2.05) is 0 Å². The second-order valence-corrected chi connectivity index (χ2v) is 4.08. The largest absolute Gasteiger partial charge is 0.480 e. The van der Waals surface area contributed by atoms with Crippen molar-refractivity contribution in [3.05, 3.63) is 35.1 Å². The fourth-order valence-corrected chi connectivity index (χ4v) is 1.89. The minimum Gasteiger partial charge on any atom is -0.480 e. The summed E-state index contributed by atoms with van der Waals surface area (Å²) in [5.41, 5.74) is -2.24. The van der Waals surface area contributed by atoms with E-state index in [2.05, 4.69) is 0 Å². The fourth-order valence-electron chi connectivity index (χ4n) is 1.89. The standard InChI is InChI=1S/C11H9F3O2/c1-6-2-3-8(12)7(4-6)10(9(15)16)5-11(10,13)14/h2-4H,5H2,1H3,(H,15,16). The lowest BCUT2D eigenvalue weighted by atomic mass is 9.93. The maximum Gasteiger partial charge on any atom is 0.320 e. The van der Waals surface area contributed by atoms with Crippen molar-refractivity contribution in [3.63, 3.8) is 0 Å². The predicted molar refractivity (Wildman–Crippen MR) is 50.0 cm³/mol. The molecule has 1 aromatic rings. The van der Waals surface area contributed by atoms with Crippen LogP contribution in [0.2, 0.25) is 0 Å². The van der Waals surface area contributed by atoms with Gasteiger partial charge in [-0.1, -0.05) is 17.7 Å². The van der Waals surface area contributed by atoms with Gasteiger partial charge in [0.1, 0.15) is 5.82 Å². The van der Waals surface area contributed by atoms with E-state index in [0.717, 1.165) is 6.07 Å². The Morgan fingerprint density at radius 1 is 1.44 bits per heavy atom. The molecule has 1 aromatic carbocycles. The highest BCUT2D eigenvalue weighted by Gasteiger charge is 2.78. The molecule has 2 nitrogen and oxygen atoms in total. The lowest BCUT2D eigenvalue weighted by Crippen LogP contribution is -2.28. The number of aryl methyl sites for hydroxylation is 1. The van der Waals surface area contributed by atoms with Crippen LogP contribution in [0, 0.1) is 12.7 Å². The van der Waals surface area contributed by atoms with Gasteiger partial charge in [0.25, 0.3) is 5.92 Å². The predicted octanol–water partition coefficient (Wildman–Crippen LogP) is 2.50. The molecular weight excluding hydrogens is 221 g/mol. The van der Waals surface area contributed by atoms with Gasteiger partial charge in [0, 0.05) is 12.0 Å². The first-order valence-corrected chi connectivity index (χ1v) is 4.69. The van der Waals surface area contributed by atoms with Crippen molar-refractivity contribution in [1.82, 2.24) is 0 Å². The Kier molecular flexibility index (Phi) is 2.05. The number of alkyl halides is 2. The van der Waals surface area contributed by atoms with Gasteiger partial charge in [-0.2, -0.15) is 0 Å². The van der Waals surface area contributed by atoms with E-state index in [0.29, 0.717) is 5.56 Å². The molecule has 1 atom stereocenters. The molecule has 16 heavy (non-hydrogen) atoms. The molecule has 0 amide bonds. The Morgan fingerprint density at radius 2 is 2.00 bits per heavy atom. The van der Waals surface area contributed by atoms with Crippen LogP contribution < -0.4 is 0 Å². The number of carboxylic acid groups (broad SMARTS) is 1. The van der Waals surface area contributed by atoms with Gasteiger partial charge in [-0.25, -0.2) is 13.2 Å². The molecule has 5 heteroatoms. The number of hydrogen-bond acceptors (Lipinski definition) is 1. The van der Waals surface area contributed by atoms with Gasteiger partial charge in [-0.05, 0) is 13.0 Å². The van der Waals surface area contributed by atoms with Gasteiger partial charge in [-0.3, -0.25) is 4.79 Å². The third-order valence-electron chi connectivity index (χ3n) is 2.93. The Hall–Kier alpha value is -1.52. The molecule has 0 spiro atoms. The first-order chi connectivity index (χ1) is 7.31. The molecule has 2 rings (SSSR count).